The number of phenolic OH excluding ortho intramolecular Hbond substituents is 1. The molecule has 4 nitrogen and oxygen atoms in total. The molecule has 0 unspecified atom stereocenters. The highest BCUT2D eigenvalue weighted by Gasteiger charge is 2.24. The number of hydrogen-bond donors (Lipinski definition) is 1. The molecule has 1 heterocycles. The van der Waals surface area contributed by atoms with Gasteiger partial charge in [0.05, 0.1) is 0 Å². The first-order valence-corrected chi connectivity index (χ1v) is 7.59. The highest BCUT2D eigenvalue weighted by atomic mass is 16.3. The molecule has 0 atom stereocenters. The van der Waals surface area contributed by atoms with E-state index in [0.29, 0.717) is 5.69 Å². The number of aryl methyl sites for hydroxylation is 1. The molecule has 0 saturated carbocycles. The second-order valence-electron chi connectivity index (χ2n) is 6.55. The first kappa shape index (κ1) is 14.6. The highest BCUT2D eigenvalue weighted by Crippen LogP contribution is 2.37. The quantitative estimate of drug-likeness (QED) is 0.778. The van der Waals surface area contributed by atoms with Gasteiger partial charge in [0.2, 0.25) is 0 Å². The van der Waals surface area contributed by atoms with Gasteiger partial charge in [-0.25, -0.2) is 0 Å². The Labute approximate surface area is 130 Å². The van der Waals surface area contributed by atoms with E-state index in [4.69, 9.17) is 0 Å². The van der Waals surface area contributed by atoms with Gasteiger partial charge >= 0.3 is 0 Å². The lowest BCUT2D eigenvalue weighted by Gasteiger charge is -2.25. The Morgan fingerprint density at radius 2 is 1.59 bits per heavy atom. The summed E-state index contributed by atoms with van der Waals surface area (Å²) in [6, 6.07) is 11.7. The molecule has 3 rings (SSSR count). The van der Waals surface area contributed by atoms with Crippen LogP contribution in [0.15, 0.2) is 36.4 Å². The maximum absolute atomic E-state index is 10.8. The number of aromatic nitrogens is 3. The fourth-order valence-corrected chi connectivity index (χ4v) is 2.88. The number of phenols is 1. The molecule has 0 aliphatic rings. The number of aromatic hydroxyl groups is 1. The topological polar surface area (TPSA) is 50.9 Å². The standard InChI is InChI=1S/C18H21N3O/c1-5-12-10-11-15(17(22)16(12)18(2,3)4)21-19-13-8-6-7-9-14(13)20-21/h6-11,22H,5H2,1-4H3. The molecule has 0 aliphatic heterocycles. The minimum absolute atomic E-state index is 0.141. The van der Waals surface area contributed by atoms with Gasteiger partial charge in [-0.2, -0.15) is 0 Å². The molecular formula is C18H21N3O. The molecule has 1 N–H and O–H groups in total. The van der Waals surface area contributed by atoms with E-state index in [1.807, 2.05) is 30.3 Å². The Morgan fingerprint density at radius 1 is 1.00 bits per heavy atom. The van der Waals surface area contributed by atoms with Gasteiger partial charge in [-0.05, 0) is 35.6 Å². The third-order valence-corrected chi connectivity index (χ3v) is 3.88. The highest BCUT2D eigenvalue weighted by molar-refractivity contribution is 5.73. The molecule has 0 fully saturated rings. The molecule has 114 valence electrons. The summed E-state index contributed by atoms with van der Waals surface area (Å²) in [4.78, 5) is 1.52. The summed E-state index contributed by atoms with van der Waals surface area (Å²) in [7, 11) is 0. The van der Waals surface area contributed by atoms with Crippen LogP contribution in [-0.4, -0.2) is 20.1 Å². The van der Waals surface area contributed by atoms with Gasteiger partial charge in [-0.3, -0.25) is 0 Å². The molecule has 0 spiro atoms. The number of nitrogens with zero attached hydrogens (tertiary/aromatic N) is 3. The predicted octanol–water partition coefficient (Wildman–Crippen LogP) is 3.99. The Balaban J connectivity index is 2.23. The van der Waals surface area contributed by atoms with Gasteiger partial charge in [0.15, 0.2) is 0 Å². The van der Waals surface area contributed by atoms with Crippen LogP contribution < -0.4 is 0 Å². The third kappa shape index (κ3) is 2.34. The van der Waals surface area contributed by atoms with Crippen LogP contribution in [0.4, 0.5) is 0 Å². The molecule has 0 bridgehead atoms. The Hall–Kier alpha value is -2.36. The maximum Gasteiger partial charge on any atom is 0.147 e. The normalized spacial score (nSPS) is 12.0. The second-order valence-corrected chi connectivity index (χ2v) is 6.55. The number of benzene rings is 2. The molecule has 0 amide bonds. The summed E-state index contributed by atoms with van der Waals surface area (Å²) in [5, 5.41) is 19.8. The van der Waals surface area contributed by atoms with Crippen LogP contribution in [0, 0.1) is 0 Å². The summed E-state index contributed by atoms with van der Waals surface area (Å²) in [5.74, 6) is 0.271. The molecule has 4 heteroatoms. The molecular weight excluding hydrogens is 274 g/mol. The van der Waals surface area contributed by atoms with Gasteiger partial charge in [0.1, 0.15) is 22.5 Å². The fourth-order valence-electron chi connectivity index (χ4n) is 2.88. The van der Waals surface area contributed by atoms with Crippen LogP contribution in [0.1, 0.15) is 38.8 Å². The third-order valence-electron chi connectivity index (χ3n) is 3.88. The van der Waals surface area contributed by atoms with Crippen molar-refractivity contribution in [2.75, 3.05) is 0 Å². The summed E-state index contributed by atoms with van der Waals surface area (Å²) < 4.78 is 0. The van der Waals surface area contributed by atoms with Crippen molar-refractivity contribution in [2.24, 2.45) is 0 Å². The van der Waals surface area contributed by atoms with Crippen LogP contribution in [0.5, 0.6) is 5.75 Å². The molecule has 2 aromatic carbocycles. The zero-order valence-electron chi connectivity index (χ0n) is 13.5. The molecule has 0 radical (unpaired) electrons. The lowest BCUT2D eigenvalue weighted by molar-refractivity contribution is 0.438. The van der Waals surface area contributed by atoms with Crippen molar-refractivity contribution in [1.82, 2.24) is 15.0 Å². The average molecular weight is 295 g/mol. The van der Waals surface area contributed by atoms with E-state index in [-0.39, 0.29) is 11.2 Å². The lowest BCUT2D eigenvalue weighted by Crippen LogP contribution is -2.16. The first-order chi connectivity index (χ1) is 10.4. The molecule has 1 aromatic heterocycles. The van der Waals surface area contributed by atoms with Crippen molar-refractivity contribution in [1.29, 1.82) is 0 Å². The average Bonchev–Trinajstić information content (AvgIpc) is 2.88. The Kier molecular flexibility index (Phi) is 3.39. The largest absolute Gasteiger partial charge is 0.505 e. The van der Waals surface area contributed by atoms with Crippen LogP contribution in [0.2, 0.25) is 0 Å². The summed E-state index contributed by atoms with van der Waals surface area (Å²) in [5.41, 5.74) is 4.24. The van der Waals surface area contributed by atoms with E-state index in [0.717, 1.165) is 28.6 Å². The van der Waals surface area contributed by atoms with Crippen molar-refractivity contribution in [3.63, 3.8) is 0 Å². The van der Waals surface area contributed by atoms with Gasteiger partial charge in [0, 0.05) is 5.56 Å². The van der Waals surface area contributed by atoms with Crippen molar-refractivity contribution >= 4 is 11.0 Å². The van der Waals surface area contributed by atoms with Gasteiger partial charge in [-0.15, -0.1) is 15.0 Å². The van der Waals surface area contributed by atoms with Gasteiger partial charge in [0.25, 0.3) is 0 Å². The summed E-state index contributed by atoms with van der Waals surface area (Å²) in [6.07, 6.45) is 0.884. The maximum atomic E-state index is 10.8. The number of hydrogen-bond acceptors (Lipinski definition) is 3. The predicted molar refractivity (Wildman–Crippen MR) is 88.6 cm³/mol. The fraction of sp³-hybridized carbons (Fsp3) is 0.333. The van der Waals surface area contributed by atoms with E-state index in [2.05, 4.69) is 44.0 Å². The Bertz CT molecular complexity index is 795. The first-order valence-electron chi connectivity index (χ1n) is 7.59. The van der Waals surface area contributed by atoms with Crippen LogP contribution in [-0.2, 0) is 11.8 Å². The van der Waals surface area contributed by atoms with Crippen molar-refractivity contribution in [3.05, 3.63) is 47.5 Å². The monoisotopic (exact) mass is 295 g/mol. The van der Waals surface area contributed by atoms with Crippen molar-refractivity contribution in [3.8, 4) is 11.4 Å². The minimum Gasteiger partial charge on any atom is -0.505 e. The van der Waals surface area contributed by atoms with E-state index < -0.39 is 0 Å². The molecule has 0 saturated heterocycles. The molecule has 0 aliphatic carbocycles. The smallest absolute Gasteiger partial charge is 0.147 e. The van der Waals surface area contributed by atoms with E-state index >= 15 is 0 Å². The number of rotatable bonds is 2. The van der Waals surface area contributed by atoms with E-state index in [1.54, 1.807) is 0 Å². The van der Waals surface area contributed by atoms with Crippen LogP contribution >= 0.6 is 0 Å². The van der Waals surface area contributed by atoms with Crippen LogP contribution in [0.3, 0.4) is 0 Å². The Morgan fingerprint density at radius 3 is 2.09 bits per heavy atom. The molecule has 22 heavy (non-hydrogen) atoms. The van der Waals surface area contributed by atoms with E-state index in [1.165, 1.54) is 4.80 Å². The SMILES string of the molecule is CCc1ccc(-n2nc3ccccc3n2)c(O)c1C(C)(C)C. The van der Waals surface area contributed by atoms with Gasteiger partial charge < -0.3 is 5.11 Å². The zero-order valence-corrected chi connectivity index (χ0v) is 13.5. The van der Waals surface area contributed by atoms with Gasteiger partial charge in [-0.1, -0.05) is 45.9 Å². The summed E-state index contributed by atoms with van der Waals surface area (Å²) >= 11 is 0. The second kappa shape index (κ2) is 5.13. The number of fused-ring (bicyclic) bond motifs is 1. The zero-order chi connectivity index (χ0) is 15.9. The molecule has 3 aromatic rings. The lowest BCUT2D eigenvalue weighted by atomic mass is 9.82. The van der Waals surface area contributed by atoms with E-state index in [9.17, 15) is 5.11 Å². The summed E-state index contributed by atoms with van der Waals surface area (Å²) in [6.45, 7) is 8.43. The van der Waals surface area contributed by atoms with Crippen LogP contribution in [0.25, 0.3) is 16.7 Å². The van der Waals surface area contributed by atoms with Crippen molar-refractivity contribution < 1.29 is 5.11 Å². The minimum atomic E-state index is -0.141. The van der Waals surface area contributed by atoms with Crippen molar-refractivity contribution in [2.45, 2.75) is 39.5 Å².